The van der Waals surface area contributed by atoms with E-state index in [0.29, 0.717) is 5.02 Å². The Morgan fingerprint density at radius 3 is 2.59 bits per heavy atom. The average Bonchev–Trinajstić information content (AvgIpc) is 2.85. The number of hydrogen-bond acceptors (Lipinski definition) is 2. The van der Waals surface area contributed by atoms with Gasteiger partial charge in [-0.1, -0.05) is 58.7 Å². The first-order valence-corrected chi connectivity index (χ1v) is 8.54. The third-order valence-electron chi connectivity index (χ3n) is 4.19. The molecular formula is C18H17BrClNO. The molecule has 1 aliphatic rings. The highest BCUT2D eigenvalue weighted by Crippen LogP contribution is 2.39. The quantitative estimate of drug-likeness (QED) is 0.704. The summed E-state index contributed by atoms with van der Waals surface area (Å²) in [7, 11) is 0. The number of aryl methyl sites for hydroxylation is 1. The fraction of sp³-hybridized carbons (Fsp3) is 0.278. The van der Waals surface area contributed by atoms with Gasteiger partial charge in [-0.15, -0.1) is 0 Å². The topological polar surface area (TPSA) is 20.3 Å². The zero-order valence-electron chi connectivity index (χ0n) is 12.4. The van der Waals surface area contributed by atoms with E-state index in [1.807, 2.05) is 6.07 Å². The Hall–Kier alpha value is -1.16. The molecule has 1 aliphatic heterocycles. The summed E-state index contributed by atoms with van der Waals surface area (Å²) in [6, 6.07) is 12.2. The number of halogens is 2. The molecule has 2 aromatic carbocycles. The first-order chi connectivity index (χ1) is 10.6. The molecule has 0 radical (unpaired) electrons. The van der Waals surface area contributed by atoms with Crippen LogP contribution in [-0.2, 0) is 24.3 Å². The number of carbonyl (C=O) groups is 1. The summed E-state index contributed by atoms with van der Waals surface area (Å²) in [5.41, 5.74) is 4.62. The van der Waals surface area contributed by atoms with Gasteiger partial charge in [0, 0.05) is 22.6 Å². The molecule has 4 heteroatoms. The van der Waals surface area contributed by atoms with Crippen molar-refractivity contribution in [3.63, 3.8) is 0 Å². The zero-order valence-corrected chi connectivity index (χ0v) is 14.7. The van der Waals surface area contributed by atoms with Crippen LogP contribution in [0.4, 0.5) is 0 Å². The van der Waals surface area contributed by atoms with E-state index in [4.69, 9.17) is 11.6 Å². The molecule has 0 N–H and O–H groups in total. The first-order valence-electron chi connectivity index (χ1n) is 7.37. The van der Waals surface area contributed by atoms with Crippen LogP contribution in [0.25, 0.3) is 0 Å². The highest BCUT2D eigenvalue weighted by Gasteiger charge is 2.32. The lowest BCUT2D eigenvalue weighted by Gasteiger charge is -2.21. The van der Waals surface area contributed by atoms with Gasteiger partial charge in [-0.25, -0.2) is 0 Å². The standard InChI is InChI=1S/C18H17BrClNO/c1-2-12-3-5-13(6-4-12)9-21-10-14-7-15(19)8-16(20)18(14)17(21)11-22/h3-8,11,17H,2,9-10H2,1H3. The maximum absolute atomic E-state index is 11.6. The monoisotopic (exact) mass is 377 g/mol. The van der Waals surface area contributed by atoms with E-state index in [0.717, 1.165) is 41.4 Å². The molecule has 0 amide bonds. The van der Waals surface area contributed by atoms with Gasteiger partial charge in [0.15, 0.2) is 0 Å². The second kappa shape index (κ2) is 6.53. The van der Waals surface area contributed by atoms with Gasteiger partial charge in [0.2, 0.25) is 0 Å². The fourth-order valence-corrected chi connectivity index (χ4v) is 4.01. The van der Waals surface area contributed by atoms with Crippen LogP contribution in [0.1, 0.15) is 35.2 Å². The Labute approximate surface area is 144 Å². The zero-order chi connectivity index (χ0) is 15.7. The third kappa shape index (κ3) is 2.98. The van der Waals surface area contributed by atoms with E-state index in [9.17, 15) is 4.79 Å². The minimum absolute atomic E-state index is 0.263. The molecule has 0 aliphatic carbocycles. The van der Waals surface area contributed by atoms with Gasteiger partial charge >= 0.3 is 0 Å². The molecule has 0 saturated carbocycles. The SMILES string of the molecule is CCc1ccc(CN2Cc3cc(Br)cc(Cl)c3C2C=O)cc1. The van der Waals surface area contributed by atoms with Crippen LogP contribution < -0.4 is 0 Å². The molecule has 0 saturated heterocycles. The highest BCUT2D eigenvalue weighted by molar-refractivity contribution is 9.10. The number of nitrogens with zero attached hydrogens (tertiary/aromatic N) is 1. The molecule has 0 aromatic heterocycles. The molecule has 0 bridgehead atoms. The Kier molecular flexibility index (Phi) is 4.67. The van der Waals surface area contributed by atoms with Gasteiger partial charge in [-0.2, -0.15) is 0 Å². The number of benzene rings is 2. The lowest BCUT2D eigenvalue weighted by atomic mass is 10.1. The number of carbonyl (C=O) groups excluding carboxylic acids is 1. The Balaban J connectivity index is 1.86. The van der Waals surface area contributed by atoms with Gasteiger partial charge < -0.3 is 4.79 Å². The summed E-state index contributed by atoms with van der Waals surface area (Å²) in [4.78, 5) is 13.8. The fourth-order valence-electron chi connectivity index (χ4n) is 3.02. The van der Waals surface area contributed by atoms with Gasteiger partial charge in [0.1, 0.15) is 6.29 Å². The third-order valence-corrected chi connectivity index (χ3v) is 4.96. The second-order valence-electron chi connectivity index (χ2n) is 5.62. The van der Waals surface area contributed by atoms with Crippen LogP contribution in [-0.4, -0.2) is 11.2 Å². The normalized spacial score (nSPS) is 17.5. The lowest BCUT2D eigenvalue weighted by molar-refractivity contribution is -0.112. The Morgan fingerprint density at radius 1 is 1.27 bits per heavy atom. The first kappa shape index (κ1) is 15.7. The molecule has 1 heterocycles. The van der Waals surface area contributed by atoms with Crippen molar-refractivity contribution < 1.29 is 4.79 Å². The van der Waals surface area contributed by atoms with Gasteiger partial charge in [0.05, 0.1) is 6.04 Å². The van der Waals surface area contributed by atoms with Gasteiger partial charge in [-0.05, 0) is 40.8 Å². The van der Waals surface area contributed by atoms with Crippen LogP contribution in [0.15, 0.2) is 40.9 Å². The molecule has 1 atom stereocenters. The van der Waals surface area contributed by atoms with Crippen LogP contribution in [0.5, 0.6) is 0 Å². The maximum Gasteiger partial charge on any atom is 0.141 e. The smallest absolute Gasteiger partial charge is 0.141 e. The summed E-state index contributed by atoms with van der Waals surface area (Å²) < 4.78 is 0.954. The Morgan fingerprint density at radius 2 is 1.95 bits per heavy atom. The van der Waals surface area contributed by atoms with Crippen LogP contribution in [0.2, 0.25) is 5.02 Å². The maximum atomic E-state index is 11.6. The highest BCUT2D eigenvalue weighted by atomic mass is 79.9. The van der Waals surface area contributed by atoms with E-state index in [2.05, 4.69) is 58.1 Å². The molecular weight excluding hydrogens is 362 g/mol. The summed E-state index contributed by atoms with van der Waals surface area (Å²) in [5, 5.41) is 0.658. The van der Waals surface area contributed by atoms with E-state index in [1.54, 1.807) is 0 Å². The van der Waals surface area contributed by atoms with Crippen LogP contribution >= 0.6 is 27.5 Å². The van der Waals surface area contributed by atoms with Crippen molar-refractivity contribution in [1.82, 2.24) is 4.90 Å². The molecule has 3 rings (SSSR count). The second-order valence-corrected chi connectivity index (χ2v) is 6.94. The van der Waals surface area contributed by atoms with Crippen LogP contribution in [0.3, 0.4) is 0 Å². The summed E-state index contributed by atoms with van der Waals surface area (Å²) in [6.07, 6.45) is 2.03. The Bertz CT molecular complexity index is 699. The van der Waals surface area contributed by atoms with Gasteiger partial charge in [-0.3, -0.25) is 4.90 Å². The molecule has 2 aromatic rings. The summed E-state index contributed by atoms with van der Waals surface area (Å²) in [5.74, 6) is 0. The van der Waals surface area contributed by atoms with Gasteiger partial charge in [0.25, 0.3) is 0 Å². The van der Waals surface area contributed by atoms with Crippen molar-refractivity contribution in [2.45, 2.75) is 32.5 Å². The summed E-state index contributed by atoms with van der Waals surface area (Å²) >= 11 is 9.81. The molecule has 1 unspecified atom stereocenters. The molecule has 0 fully saturated rings. The molecule has 114 valence electrons. The minimum Gasteiger partial charge on any atom is -0.301 e. The van der Waals surface area contributed by atoms with E-state index < -0.39 is 0 Å². The lowest BCUT2D eigenvalue weighted by Crippen LogP contribution is -2.22. The predicted molar refractivity (Wildman–Crippen MR) is 93.0 cm³/mol. The average molecular weight is 379 g/mol. The van der Waals surface area contributed by atoms with Crippen molar-refractivity contribution >= 4 is 33.8 Å². The summed E-state index contributed by atoms with van der Waals surface area (Å²) in [6.45, 7) is 3.64. The van der Waals surface area contributed by atoms with Crippen molar-refractivity contribution in [2.75, 3.05) is 0 Å². The number of aldehydes is 1. The molecule has 22 heavy (non-hydrogen) atoms. The van der Waals surface area contributed by atoms with E-state index in [1.165, 1.54) is 11.1 Å². The molecule has 0 spiro atoms. The van der Waals surface area contributed by atoms with E-state index >= 15 is 0 Å². The van der Waals surface area contributed by atoms with Crippen molar-refractivity contribution in [1.29, 1.82) is 0 Å². The van der Waals surface area contributed by atoms with E-state index in [-0.39, 0.29) is 6.04 Å². The number of fused-ring (bicyclic) bond motifs is 1. The minimum atomic E-state index is -0.263. The largest absolute Gasteiger partial charge is 0.301 e. The van der Waals surface area contributed by atoms with Crippen LogP contribution in [0, 0.1) is 0 Å². The molecule has 2 nitrogen and oxygen atoms in total. The van der Waals surface area contributed by atoms with Crippen molar-refractivity contribution in [2.24, 2.45) is 0 Å². The number of hydrogen-bond donors (Lipinski definition) is 0. The predicted octanol–water partition coefficient (Wildman–Crippen LogP) is 4.92. The van der Waals surface area contributed by atoms with Crippen molar-refractivity contribution in [3.05, 3.63) is 68.1 Å². The number of rotatable bonds is 4. The van der Waals surface area contributed by atoms with Crippen molar-refractivity contribution in [3.8, 4) is 0 Å².